The molecule has 1 heterocycles. The fourth-order valence-corrected chi connectivity index (χ4v) is 2.78. The number of hydrogen-bond acceptors (Lipinski definition) is 3. The van der Waals surface area contributed by atoms with Crippen LogP contribution in [0.15, 0.2) is 42.5 Å². The number of carbonyl (C=O) groups is 3. The molecule has 2 N–H and O–H groups in total. The number of benzene rings is 2. The van der Waals surface area contributed by atoms with Crippen LogP contribution in [0.4, 0.5) is 23.7 Å². The van der Waals surface area contributed by atoms with Crippen LogP contribution in [0.25, 0.3) is 0 Å². The van der Waals surface area contributed by atoms with Crippen LogP contribution in [-0.4, -0.2) is 29.3 Å². The van der Waals surface area contributed by atoms with Gasteiger partial charge in [-0.2, -0.15) is 0 Å². The minimum atomic E-state index is -1.85. The Bertz CT molecular complexity index is 933. The zero-order valence-electron chi connectivity index (χ0n) is 14.1. The lowest BCUT2D eigenvalue weighted by atomic mass is 9.91. The number of anilines is 1. The van der Waals surface area contributed by atoms with Crippen molar-refractivity contribution in [2.45, 2.75) is 12.5 Å². The molecule has 0 aromatic heterocycles. The molecule has 3 rings (SSSR count). The second-order valence-corrected chi connectivity index (χ2v) is 6.13. The topological polar surface area (TPSA) is 78.5 Å². The van der Waals surface area contributed by atoms with E-state index >= 15 is 0 Å². The summed E-state index contributed by atoms with van der Waals surface area (Å²) in [5.74, 6) is -3.75. The predicted molar refractivity (Wildman–Crippen MR) is 89.0 cm³/mol. The summed E-state index contributed by atoms with van der Waals surface area (Å²) in [4.78, 5) is 37.5. The maximum atomic E-state index is 14.1. The van der Waals surface area contributed by atoms with Crippen LogP contribution < -0.4 is 10.6 Å². The third-order valence-electron chi connectivity index (χ3n) is 4.17. The summed E-state index contributed by atoms with van der Waals surface area (Å²) in [6, 6.07) is 6.52. The molecule has 1 atom stereocenters. The van der Waals surface area contributed by atoms with E-state index in [0.29, 0.717) is 4.90 Å². The lowest BCUT2D eigenvalue weighted by Gasteiger charge is -2.22. The SMILES string of the molecule is C[C@]1(c2cc(F)ccc2F)NC(=O)N(CC(=O)Nc2ccc(F)cc2)C1=O. The quantitative estimate of drug-likeness (QED) is 0.804. The number of rotatable bonds is 4. The molecule has 9 heteroatoms. The highest BCUT2D eigenvalue weighted by Crippen LogP contribution is 2.31. The van der Waals surface area contributed by atoms with E-state index in [4.69, 9.17) is 0 Å². The average Bonchev–Trinajstić information content (AvgIpc) is 2.83. The van der Waals surface area contributed by atoms with Crippen molar-refractivity contribution in [3.05, 3.63) is 65.5 Å². The highest BCUT2D eigenvalue weighted by molar-refractivity contribution is 6.10. The van der Waals surface area contributed by atoms with Gasteiger partial charge in [-0.25, -0.2) is 18.0 Å². The van der Waals surface area contributed by atoms with Crippen LogP contribution >= 0.6 is 0 Å². The zero-order valence-corrected chi connectivity index (χ0v) is 14.1. The molecule has 1 aliphatic heterocycles. The van der Waals surface area contributed by atoms with E-state index in [1.54, 1.807) is 0 Å². The standard InChI is InChI=1S/C18H14F3N3O3/c1-18(13-8-11(20)4-7-14(13)21)16(26)24(17(27)23-18)9-15(25)22-12-5-2-10(19)3-6-12/h2-8H,9H2,1H3,(H,22,25)(H,23,27)/t18-/m1/s1. The molecule has 2 aromatic carbocycles. The first-order chi connectivity index (χ1) is 12.7. The monoisotopic (exact) mass is 377 g/mol. The van der Waals surface area contributed by atoms with E-state index in [0.717, 1.165) is 30.3 Å². The molecule has 0 spiro atoms. The first-order valence-corrected chi connectivity index (χ1v) is 7.86. The van der Waals surface area contributed by atoms with E-state index in [1.807, 2.05) is 0 Å². The summed E-state index contributed by atoms with van der Waals surface area (Å²) < 4.78 is 40.4. The summed E-state index contributed by atoms with van der Waals surface area (Å²) in [5.41, 5.74) is -1.92. The number of nitrogens with one attached hydrogen (secondary N) is 2. The van der Waals surface area contributed by atoms with Crippen LogP contribution in [0.3, 0.4) is 0 Å². The Labute approximate surface area is 152 Å². The second kappa shape index (κ2) is 6.75. The van der Waals surface area contributed by atoms with Gasteiger partial charge in [0, 0.05) is 11.3 Å². The minimum absolute atomic E-state index is 0.271. The number of hydrogen-bond donors (Lipinski definition) is 2. The Hall–Kier alpha value is -3.36. The molecule has 0 unspecified atom stereocenters. The highest BCUT2D eigenvalue weighted by Gasteiger charge is 2.50. The third-order valence-corrected chi connectivity index (χ3v) is 4.17. The van der Waals surface area contributed by atoms with Crippen molar-refractivity contribution in [2.75, 3.05) is 11.9 Å². The molecule has 1 aliphatic rings. The number of amides is 4. The predicted octanol–water partition coefficient (Wildman–Crippen LogP) is 2.51. The first kappa shape index (κ1) is 18.4. The number of halogens is 3. The third kappa shape index (κ3) is 3.48. The lowest BCUT2D eigenvalue weighted by Crippen LogP contribution is -2.42. The fourth-order valence-electron chi connectivity index (χ4n) is 2.78. The van der Waals surface area contributed by atoms with Crippen molar-refractivity contribution in [1.29, 1.82) is 0 Å². The summed E-state index contributed by atoms with van der Waals surface area (Å²) in [6.45, 7) is 0.581. The summed E-state index contributed by atoms with van der Waals surface area (Å²) in [5, 5.41) is 4.70. The Kier molecular flexibility index (Phi) is 4.61. The Morgan fingerprint density at radius 3 is 2.37 bits per heavy atom. The van der Waals surface area contributed by atoms with E-state index in [9.17, 15) is 27.6 Å². The molecule has 0 bridgehead atoms. The molecular formula is C18H14F3N3O3. The van der Waals surface area contributed by atoms with Gasteiger partial charge in [0.25, 0.3) is 5.91 Å². The van der Waals surface area contributed by atoms with Crippen LogP contribution in [0, 0.1) is 17.5 Å². The van der Waals surface area contributed by atoms with E-state index in [1.165, 1.54) is 19.1 Å². The van der Waals surface area contributed by atoms with Gasteiger partial charge in [-0.3, -0.25) is 14.5 Å². The van der Waals surface area contributed by atoms with Gasteiger partial charge < -0.3 is 10.6 Å². The van der Waals surface area contributed by atoms with Crippen molar-refractivity contribution in [1.82, 2.24) is 10.2 Å². The van der Waals surface area contributed by atoms with Crippen molar-refractivity contribution in [3.63, 3.8) is 0 Å². The maximum absolute atomic E-state index is 14.1. The van der Waals surface area contributed by atoms with Crippen molar-refractivity contribution < 1.29 is 27.6 Å². The van der Waals surface area contributed by atoms with Crippen LogP contribution in [0.5, 0.6) is 0 Å². The summed E-state index contributed by atoms with van der Waals surface area (Å²) in [7, 11) is 0. The number of urea groups is 1. The van der Waals surface area contributed by atoms with Gasteiger partial charge in [-0.15, -0.1) is 0 Å². The molecule has 1 fully saturated rings. The molecule has 140 valence electrons. The van der Waals surface area contributed by atoms with E-state index < -0.39 is 47.4 Å². The number of imide groups is 1. The molecule has 0 saturated carbocycles. The van der Waals surface area contributed by atoms with Gasteiger partial charge in [0.1, 0.15) is 29.5 Å². The summed E-state index contributed by atoms with van der Waals surface area (Å²) >= 11 is 0. The van der Waals surface area contributed by atoms with Gasteiger partial charge in [-0.05, 0) is 49.4 Å². The van der Waals surface area contributed by atoms with Crippen molar-refractivity contribution in [2.24, 2.45) is 0 Å². The van der Waals surface area contributed by atoms with Crippen molar-refractivity contribution >= 4 is 23.5 Å². The van der Waals surface area contributed by atoms with Gasteiger partial charge in [0.05, 0.1) is 0 Å². The van der Waals surface area contributed by atoms with Gasteiger partial charge >= 0.3 is 6.03 Å². The van der Waals surface area contributed by atoms with Crippen molar-refractivity contribution in [3.8, 4) is 0 Å². The van der Waals surface area contributed by atoms with Gasteiger partial charge in [0.2, 0.25) is 5.91 Å². The Balaban J connectivity index is 1.78. The molecule has 1 saturated heterocycles. The highest BCUT2D eigenvalue weighted by atomic mass is 19.1. The largest absolute Gasteiger partial charge is 0.325 e. The smallest absolute Gasteiger partial charge is 0.325 e. The van der Waals surface area contributed by atoms with E-state index in [2.05, 4.69) is 10.6 Å². The van der Waals surface area contributed by atoms with Crippen LogP contribution in [0.1, 0.15) is 12.5 Å². The average molecular weight is 377 g/mol. The number of carbonyl (C=O) groups excluding carboxylic acids is 3. The zero-order chi connectivity index (χ0) is 19.8. The molecule has 2 aromatic rings. The molecule has 0 radical (unpaired) electrons. The molecule has 0 aliphatic carbocycles. The second-order valence-electron chi connectivity index (χ2n) is 6.13. The maximum Gasteiger partial charge on any atom is 0.325 e. The number of nitrogens with zero attached hydrogens (tertiary/aromatic N) is 1. The van der Waals surface area contributed by atoms with Crippen LogP contribution in [-0.2, 0) is 15.1 Å². The molecular weight excluding hydrogens is 363 g/mol. The molecule has 27 heavy (non-hydrogen) atoms. The fraction of sp³-hybridized carbons (Fsp3) is 0.167. The van der Waals surface area contributed by atoms with Gasteiger partial charge in [0.15, 0.2) is 0 Å². The van der Waals surface area contributed by atoms with Gasteiger partial charge in [-0.1, -0.05) is 0 Å². The van der Waals surface area contributed by atoms with E-state index in [-0.39, 0.29) is 11.3 Å². The Morgan fingerprint density at radius 2 is 1.70 bits per heavy atom. The summed E-state index contributed by atoms with van der Waals surface area (Å²) in [6.07, 6.45) is 0. The normalized spacial score (nSPS) is 19.2. The first-order valence-electron chi connectivity index (χ1n) is 7.86. The minimum Gasteiger partial charge on any atom is -0.325 e. The molecule has 4 amide bonds. The molecule has 6 nitrogen and oxygen atoms in total. The Morgan fingerprint density at radius 1 is 1.07 bits per heavy atom. The lowest BCUT2D eigenvalue weighted by molar-refractivity contribution is -0.133. The van der Waals surface area contributed by atoms with Crippen LogP contribution in [0.2, 0.25) is 0 Å².